The van der Waals surface area contributed by atoms with Crippen molar-refractivity contribution in [2.24, 2.45) is 50.6 Å². The number of carbonyl (C=O) groups excluding carboxylic acids is 1. The van der Waals surface area contributed by atoms with Crippen LogP contribution in [0.25, 0.3) is 0 Å². The van der Waals surface area contributed by atoms with E-state index >= 15 is 0 Å². The lowest BCUT2D eigenvalue weighted by atomic mass is 9.38. The molecule has 0 spiro atoms. The second-order valence-electron chi connectivity index (χ2n) is 23.9. The molecule has 10 fully saturated rings. The highest BCUT2D eigenvalue weighted by Crippen LogP contribution is 2.71. The third kappa shape index (κ3) is 10.4. The first-order valence-electron chi connectivity index (χ1n) is 23.5. The highest BCUT2D eigenvalue weighted by molar-refractivity contribution is 7.89. The summed E-state index contributed by atoms with van der Waals surface area (Å²) in [5.41, 5.74) is 8.64. The van der Waals surface area contributed by atoms with Crippen molar-refractivity contribution in [3.8, 4) is 0 Å². The molecule has 8 saturated carbocycles. The van der Waals surface area contributed by atoms with Gasteiger partial charge in [0, 0.05) is 37.3 Å². The van der Waals surface area contributed by atoms with E-state index in [1.54, 1.807) is 36.4 Å². The summed E-state index contributed by atoms with van der Waals surface area (Å²) in [7, 11) is -7.44. The van der Waals surface area contributed by atoms with Crippen molar-refractivity contribution in [3.05, 3.63) is 58.6 Å². The fourth-order valence-electron chi connectivity index (χ4n) is 16.6. The molecule has 65 heavy (non-hydrogen) atoms. The van der Waals surface area contributed by atoms with Crippen LogP contribution in [0.1, 0.15) is 145 Å². The molecule has 2 aliphatic heterocycles. The van der Waals surface area contributed by atoms with Crippen LogP contribution in [-0.4, -0.2) is 79.7 Å². The highest BCUT2D eigenvalue weighted by atomic mass is 35.5. The predicted molar refractivity (Wildman–Crippen MR) is 257 cm³/mol. The van der Waals surface area contributed by atoms with E-state index in [4.69, 9.17) is 34.0 Å². The Bertz CT molecular complexity index is 2280. The zero-order chi connectivity index (χ0) is 46.4. The minimum atomic E-state index is -3.72. The van der Waals surface area contributed by atoms with Crippen molar-refractivity contribution in [2.75, 3.05) is 26.2 Å². The van der Waals surface area contributed by atoms with Crippen LogP contribution in [-0.2, 0) is 29.6 Å². The van der Waals surface area contributed by atoms with E-state index in [0.717, 1.165) is 31.6 Å². The summed E-state index contributed by atoms with van der Waals surface area (Å²) in [5.74, 6) is -0.939. The smallest absolute Gasteiger partial charge is 0.307 e. The summed E-state index contributed by atoms with van der Waals surface area (Å²) >= 11 is 12.1. The Kier molecular flexibility index (Phi) is 13.7. The van der Waals surface area contributed by atoms with Gasteiger partial charge in [0.25, 0.3) is 0 Å². The molecule has 2 heterocycles. The number of nitrogens with two attached hydrogens (primary N) is 1. The fraction of sp³-hybridized carbons (Fsp3) is 0.720. The Balaban J connectivity index is 0.000000161. The van der Waals surface area contributed by atoms with E-state index in [1.807, 2.05) is 0 Å². The Morgan fingerprint density at radius 3 is 1.43 bits per heavy atom. The van der Waals surface area contributed by atoms with Crippen LogP contribution in [0.2, 0.25) is 10.0 Å². The van der Waals surface area contributed by atoms with E-state index in [2.05, 4.69) is 39.9 Å². The lowest BCUT2D eigenvalue weighted by Crippen LogP contribution is -2.68. The number of carboxylic acid groups (broad SMARTS) is 1. The van der Waals surface area contributed by atoms with Crippen LogP contribution < -0.4 is 11.1 Å². The van der Waals surface area contributed by atoms with Crippen LogP contribution in [0.15, 0.2) is 58.3 Å². The molecule has 10 aliphatic rings. The summed E-state index contributed by atoms with van der Waals surface area (Å²) in [4.78, 5) is 24.6. The molecule has 2 aromatic rings. The van der Waals surface area contributed by atoms with Gasteiger partial charge >= 0.3 is 5.97 Å². The van der Waals surface area contributed by atoms with Crippen molar-refractivity contribution in [1.29, 1.82) is 0 Å². The van der Waals surface area contributed by atoms with E-state index in [1.165, 1.54) is 78.5 Å². The largest absolute Gasteiger partial charge is 0.481 e. The van der Waals surface area contributed by atoms with Gasteiger partial charge in [-0.3, -0.25) is 9.59 Å². The molecular formula is C50H74Cl2N4O7S2. The van der Waals surface area contributed by atoms with Gasteiger partial charge < -0.3 is 16.2 Å². The van der Waals surface area contributed by atoms with Crippen molar-refractivity contribution in [2.45, 2.75) is 166 Å². The standard InChI is InChI=1S/C25H35ClN2O3S.C12H14ClNO4S.C12H21N.CH4/c1-22-12-23(2)14-24(3,13-22)17-25(15-22,16-23)27-21(29)18-7-6-10-28(11-18)32(30,31)20-9-5-4-8-19(20)26;13-10-5-1-2-6-11(10)19(17,18)14-7-3-4-9(8-14)12(15)16;1-10-3-9-4-11(2,6-10)8-12(13,5-9)7-10;/h4-5,8-9,18H,6-7,10-17H2,1-3H3,(H,27,29);1-2,5-6,9H,3-4,7-8H2,(H,15,16);9H,3-8,13H2,1-2H3;1H4. The summed E-state index contributed by atoms with van der Waals surface area (Å²) in [5, 5.41) is 12.9. The van der Waals surface area contributed by atoms with Crippen LogP contribution in [0, 0.1) is 44.8 Å². The molecule has 0 radical (unpaired) electrons. The molecule has 4 unspecified atom stereocenters. The van der Waals surface area contributed by atoms with Gasteiger partial charge in [-0.25, -0.2) is 16.8 Å². The Morgan fingerprint density at radius 2 is 1.03 bits per heavy atom. The molecule has 2 saturated heterocycles. The molecular weight excluding hydrogens is 904 g/mol. The number of benzene rings is 2. The number of amides is 1. The number of sulfonamides is 2. The molecule has 8 aliphatic carbocycles. The topological polar surface area (TPSA) is 167 Å². The highest BCUT2D eigenvalue weighted by Gasteiger charge is 2.65. The van der Waals surface area contributed by atoms with Gasteiger partial charge in [-0.2, -0.15) is 8.61 Å². The normalized spacial score (nSPS) is 39.5. The van der Waals surface area contributed by atoms with Crippen molar-refractivity contribution in [3.63, 3.8) is 0 Å². The lowest BCUT2D eigenvalue weighted by Gasteiger charge is -2.69. The lowest BCUT2D eigenvalue weighted by molar-refractivity contribution is -0.165. The first-order chi connectivity index (χ1) is 29.7. The molecule has 15 heteroatoms. The number of piperidine rings is 2. The second-order valence-corrected chi connectivity index (χ2v) is 28.5. The number of halogens is 2. The molecule has 1 amide bonds. The zero-order valence-corrected chi connectivity index (χ0v) is 41.6. The monoisotopic (exact) mass is 976 g/mol. The molecule has 8 bridgehead atoms. The molecule has 2 aromatic carbocycles. The first kappa shape index (κ1) is 50.6. The maximum atomic E-state index is 13.5. The maximum absolute atomic E-state index is 13.5. The molecule has 362 valence electrons. The van der Waals surface area contributed by atoms with Gasteiger partial charge in [-0.1, -0.05) is 89.5 Å². The van der Waals surface area contributed by atoms with Crippen molar-refractivity contribution < 1.29 is 31.5 Å². The van der Waals surface area contributed by atoms with E-state index in [-0.39, 0.29) is 79.5 Å². The Hall–Kier alpha value is -2.26. The number of carboxylic acids is 1. The Morgan fingerprint density at radius 1 is 0.631 bits per heavy atom. The van der Waals surface area contributed by atoms with Gasteiger partial charge in [0.15, 0.2) is 0 Å². The molecule has 4 N–H and O–H groups in total. The van der Waals surface area contributed by atoms with Gasteiger partial charge in [0.05, 0.1) is 21.9 Å². The van der Waals surface area contributed by atoms with Crippen LogP contribution >= 0.6 is 23.2 Å². The fourth-order valence-corrected chi connectivity index (χ4v) is 20.7. The first-order valence-corrected chi connectivity index (χ1v) is 27.2. The summed E-state index contributed by atoms with van der Waals surface area (Å²) in [6, 6.07) is 12.7. The van der Waals surface area contributed by atoms with Gasteiger partial charge in [0.2, 0.25) is 26.0 Å². The van der Waals surface area contributed by atoms with Crippen molar-refractivity contribution in [1.82, 2.24) is 13.9 Å². The number of hydrogen-bond donors (Lipinski definition) is 3. The van der Waals surface area contributed by atoms with Gasteiger partial charge in [0.1, 0.15) is 9.79 Å². The second kappa shape index (κ2) is 17.6. The SMILES string of the molecule is C.CC12CC3(C)CC(C)(C1)CC(NC(=O)C1CCCN(S(=O)(=O)c4ccccc4Cl)C1)(C2)C3.CC12CC3CC(C)(C1)CC(N)(C3)C2.O=C(O)C1CCCN(S(=O)(=O)c2ccccc2Cl)C1. The summed E-state index contributed by atoms with van der Waals surface area (Å²) < 4.78 is 53.9. The minimum absolute atomic E-state index is 0. The summed E-state index contributed by atoms with van der Waals surface area (Å²) in [6.45, 7) is 13.1. The number of carbonyl (C=O) groups is 2. The van der Waals surface area contributed by atoms with E-state index in [0.29, 0.717) is 43.2 Å². The molecule has 0 aromatic heterocycles. The number of nitrogens with one attached hydrogen (secondary N) is 1. The zero-order valence-electron chi connectivity index (χ0n) is 38.4. The van der Waals surface area contributed by atoms with Crippen LogP contribution in [0.3, 0.4) is 0 Å². The van der Waals surface area contributed by atoms with E-state index < -0.39 is 31.9 Å². The minimum Gasteiger partial charge on any atom is -0.481 e. The third-order valence-corrected chi connectivity index (χ3v) is 21.0. The van der Waals surface area contributed by atoms with Crippen molar-refractivity contribution >= 4 is 55.1 Å². The number of aliphatic carboxylic acids is 1. The molecule has 12 rings (SSSR count). The number of hydrogen-bond acceptors (Lipinski definition) is 7. The summed E-state index contributed by atoms with van der Waals surface area (Å²) in [6.07, 6.45) is 17.6. The predicted octanol–water partition coefficient (Wildman–Crippen LogP) is 10.2. The number of rotatable bonds is 7. The number of nitrogens with zero attached hydrogens (tertiary/aromatic N) is 2. The average molecular weight is 978 g/mol. The van der Waals surface area contributed by atoms with E-state index in [9.17, 15) is 26.4 Å². The molecule has 4 atom stereocenters. The van der Waals surface area contributed by atoms with Crippen LogP contribution in [0.4, 0.5) is 0 Å². The van der Waals surface area contributed by atoms with Gasteiger partial charge in [-0.15, -0.1) is 0 Å². The third-order valence-electron chi connectivity index (χ3n) is 16.3. The van der Waals surface area contributed by atoms with Crippen LogP contribution in [0.5, 0.6) is 0 Å². The average Bonchev–Trinajstić information content (AvgIpc) is 3.15. The van der Waals surface area contributed by atoms with Gasteiger partial charge in [-0.05, 0) is 160 Å². The Labute approximate surface area is 399 Å². The maximum Gasteiger partial charge on any atom is 0.307 e. The quantitative estimate of drug-likeness (QED) is 0.247. The molecule has 11 nitrogen and oxygen atoms in total.